The Hall–Kier alpha value is -2.39. The van der Waals surface area contributed by atoms with Crippen molar-refractivity contribution < 1.29 is 19.1 Å². The van der Waals surface area contributed by atoms with Crippen molar-refractivity contribution in [2.45, 2.75) is 13.0 Å². The van der Waals surface area contributed by atoms with E-state index in [2.05, 4.69) is 20.3 Å². The summed E-state index contributed by atoms with van der Waals surface area (Å²) in [5.74, 6) is 1.37. The summed E-state index contributed by atoms with van der Waals surface area (Å²) in [6, 6.07) is 9.50. The first-order valence-corrected chi connectivity index (χ1v) is 5.64. The van der Waals surface area contributed by atoms with Crippen LogP contribution in [-0.4, -0.2) is 32.0 Å². The molecule has 0 heterocycles. The van der Waals surface area contributed by atoms with E-state index in [0.717, 1.165) is 5.56 Å². The molecule has 0 atom stereocenters. The topological polar surface area (TPSA) is 65.0 Å². The zero-order valence-electron chi connectivity index (χ0n) is 10.9. The molecule has 0 aromatic heterocycles. The van der Waals surface area contributed by atoms with Crippen LogP contribution in [0.1, 0.15) is 12.0 Å². The van der Waals surface area contributed by atoms with E-state index in [0.29, 0.717) is 6.54 Å². The molecule has 0 aliphatic heterocycles. The third kappa shape index (κ3) is 5.19. The van der Waals surface area contributed by atoms with E-state index in [1.54, 1.807) is 0 Å². The predicted octanol–water partition coefficient (Wildman–Crippen LogP) is 1.52. The Balaban J connectivity index is 2.81. The Morgan fingerprint density at radius 2 is 1.84 bits per heavy atom. The first-order valence-electron chi connectivity index (χ1n) is 5.64. The van der Waals surface area contributed by atoms with Crippen LogP contribution in [0.5, 0.6) is 0 Å². The minimum Gasteiger partial charge on any atom is -0.469 e. The van der Waals surface area contributed by atoms with Gasteiger partial charge in [0.1, 0.15) is 5.57 Å². The summed E-state index contributed by atoms with van der Waals surface area (Å²) in [4.78, 5) is 26.6. The number of ether oxygens (including phenoxy) is 2. The lowest BCUT2D eigenvalue weighted by Gasteiger charge is -2.00. The molecule has 5 heteroatoms. The van der Waals surface area contributed by atoms with Crippen molar-refractivity contribution in [3.05, 3.63) is 41.5 Å². The van der Waals surface area contributed by atoms with E-state index in [-0.39, 0.29) is 12.0 Å². The quantitative estimate of drug-likeness (QED) is 0.458. The molecule has 100 valence electrons. The van der Waals surface area contributed by atoms with Crippen LogP contribution in [0, 0.1) is 0 Å². The number of esters is 2. The van der Waals surface area contributed by atoms with Gasteiger partial charge < -0.3 is 9.47 Å². The van der Waals surface area contributed by atoms with Crippen molar-refractivity contribution in [3.63, 3.8) is 0 Å². The zero-order valence-corrected chi connectivity index (χ0v) is 10.9. The molecule has 0 saturated heterocycles. The second kappa shape index (κ2) is 7.84. The van der Waals surface area contributed by atoms with Gasteiger partial charge in [-0.25, -0.2) is 9.79 Å². The highest BCUT2D eigenvalue weighted by Gasteiger charge is 2.14. The third-order valence-electron chi connectivity index (χ3n) is 2.30. The molecule has 5 nitrogen and oxygen atoms in total. The molecule has 1 aromatic rings. The molecule has 0 radical (unpaired) electrons. The van der Waals surface area contributed by atoms with Gasteiger partial charge in [0, 0.05) is 0 Å². The molecular formula is C14H15NO4. The van der Waals surface area contributed by atoms with Gasteiger partial charge in [-0.2, -0.15) is 0 Å². The number of hydrogen-bond donors (Lipinski definition) is 0. The van der Waals surface area contributed by atoms with Gasteiger partial charge in [-0.05, 0) is 11.4 Å². The smallest absolute Gasteiger partial charge is 0.343 e. The fraction of sp³-hybridized carbons (Fsp3) is 0.286. The highest BCUT2D eigenvalue weighted by molar-refractivity contribution is 6.01. The van der Waals surface area contributed by atoms with Crippen LogP contribution in [0.4, 0.5) is 0 Å². The van der Waals surface area contributed by atoms with Crippen LogP contribution in [0.15, 0.2) is 40.9 Å². The lowest BCUT2D eigenvalue weighted by Crippen LogP contribution is -2.11. The van der Waals surface area contributed by atoms with Crippen LogP contribution in [-0.2, 0) is 25.6 Å². The molecule has 0 N–H and O–H groups in total. The number of hydrogen-bond acceptors (Lipinski definition) is 5. The first kappa shape index (κ1) is 14.7. The van der Waals surface area contributed by atoms with Crippen LogP contribution in [0.2, 0.25) is 0 Å². The van der Waals surface area contributed by atoms with E-state index >= 15 is 0 Å². The number of rotatable bonds is 5. The summed E-state index contributed by atoms with van der Waals surface area (Å²) in [5, 5.41) is 0. The average Bonchev–Trinajstić information content (AvgIpc) is 2.46. The second-order valence-corrected chi connectivity index (χ2v) is 3.64. The maximum absolute atomic E-state index is 11.4. The van der Waals surface area contributed by atoms with Gasteiger partial charge in [0.25, 0.3) is 0 Å². The Bertz CT molecular complexity index is 501. The van der Waals surface area contributed by atoms with Gasteiger partial charge >= 0.3 is 11.9 Å². The molecule has 1 rings (SSSR count). The van der Waals surface area contributed by atoms with Gasteiger partial charge in [0.05, 0.1) is 27.2 Å². The molecule has 0 aliphatic rings. The predicted molar refractivity (Wildman–Crippen MR) is 69.7 cm³/mol. The standard InChI is InChI=1S/C14H15NO4/c1-18-13(16)8-12(14(17)19-2)10-15-9-11-6-4-3-5-7-11/h3-7H,8-9H2,1-2H3. The highest BCUT2D eigenvalue weighted by Crippen LogP contribution is 2.03. The molecule has 0 saturated carbocycles. The monoisotopic (exact) mass is 261 g/mol. The Morgan fingerprint density at radius 1 is 1.16 bits per heavy atom. The van der Waals surface area contributed by atoms with Crippen molar-refractivity contribution >= 4 is 17.8 Å². The van der Waals surface area contributed by atoms with Gasteiger partial charge in [0.2, 0.25) is 0 Å². The van der Waals surface area contributed by atoms with Gasteiger partial charge in [0.15, 0.2) is 0 Å². The highest BCUT2D eigenvalue weighted by atomic mass is 16.5. The fourth-order valence-electron chi connectivity index (χ4n) is 1.31. The van der Waals surface area contributed by atoms with Gasteiger partial charge in [-0.3, -0.25) is 4.79 Å². The summed E-state index contributed by atoms with van der Waals surface area (Å²) in [7, 11) is 2.48. The van der Waals surface area contributed by atoms with E-state index in [1.807, 2.05) is 30.3 Å². The lowest BCUT2D eigenvalue weighted by molar-refractivity contribution is -0.143. The summed E-state index contributed by atoms with van der Waals surface area (Å²) < 4.78 is 9.05. The SMILES string of the molecule is COC(=O)CC(=C=NCc1ccccc1)C(=O)OC. The summed E-state index contributed by atoms with van der Waals surface area (Å²) in [6.07, 6.45) is -0.207. The number of nitrogens with zero attached hydrogens (tertiary/aromatic N) is 1. The van der Waals surface area contributed by atoms with E-state index in [9.17, 15) is 9.59 Å². The van der Waals surface area contributed by atoms with E-state index in [1.165, 1.54) is 14.2 Å². The fourth-order valence-corrected chi connectivity index (χ4v) is 1.31. The Labute approximate surface area is 111 Å². The normalized spacial score (nSPS) is 9.16. The number of carbonyl (C=O) groups excluding carboxylic acids is 2. The van der Waals surface area contributed by atoms with Crippen molar-refractivity contribution in [2.24, 2.45) is 4.99 Å². The van der Waals surface area contributed by atoms with Crippen LogP contribution >= 0.6 is 0 Å². The maximum Gasteiger partial charge on any atom is 0.343 e. The summed E-state index contributed by atoms with van der Waals surface area (Å²) >= 11 is 0. The van der Waals surface area contributed by atoms with Gasteiger partial charge in [-0.15, -0.1) is 0 Å². The average molecular weight is 261 g/mol. The number of carbonyl (C=O) groups is 2. The second-order valence-electron chi connectivity index (χ2n) is 3.64. The van der Waals surface area contributed by atoms with Crippen LogP contribution in [0.3, 0.4) is 0 Å². The molecule has 19 heavy (non-hydrogen) atoms. The van der Waals surface area contributed by atoms with Crippen molar-refractivity contribution in [3.8, 4) is 0 Å². The molecular weight excluding hydrogens is 246 g/mol. The number of methoxy groups -OCH3 is 2. The minimum atomic E-state index is -0.637. The molecule has 0 bridgehead atoms. The first-order chi connectivity index (χ1) is 9.17. The lowest BCUT2D eigenvalue weighted by atomic mass is 10.2. The van der Waals surface area contributed by atoms with E-state index < -0.39 is 11.9 Å². The van der Waals surface area contributed by atoms with E-state index in [4.69, 9.17) is 0 Å². The maximum atomic E-state index is 11.4. The van der Waals surface area contributed by atoms with Gasteiger partial charge in [-0.1, -0.05) is 30.3 Å². The van der Waals surface area contributed by atoms with Crippen molar-refractivity contribution in [1.82, 2.24) is 0 Å². The van der Waals surface area contributed by atoms with Crippen molar-refractivity contribution in [1.29, 1.82) is 0 Å². The Kier molecular flexibility index (Phi) is 6.06. The summed E-state index contributed by atoms with van der Waals surface area (Å²) in [5.41, 5.74) is 1.03. The molecule has 0 unspecified atom stereocenters. The molecule has 0 aliphatic carbocycles. The third-order valence-corrected chi connectivity index (χ3v) is 2.30. The molecule has 0 fully saturated rings. The number of aliphatic imine (C=N–C) groups is 1. The molecule has 0 amide bonds. The molecule has 1 aromatic carbocycles. The Morgan fingerprint density at radius 3 is 2.42 bits per heavy atom. The summed E-state index contributed by atoms with van der Waals surface area (Å²) in [6.45, 7) is 0.377. The zero-order chi connectivity index (χ0) is 14.1. The van der Waals surface area contributed by atoms with Crippen LogP contribution < -0.4 is 0 Å². The minimum absolute atomic E-state index is 0.0466. The van der Waals surface area contributed by atoms with Crippen molar-refractivity contribution in [2.75, 3.05) is 14.2 Å². The largest absolute Gasteiger partial charge is 0.469 e. The number of benzene rings is 1. The van der Waals surface area contributed by atoms with Crippen LogP contribution in [0.25, 0.3) is 0 Å². The molecule has 0 spiro atoms.